The van der Waals surface area contributed by atoms with Gasteiger partial charge in [0.05, 0.1) is 12.7 Å². The number of hydrogen-bond acceptors (Lipinski definition) is 4. The average molecular weight is 206 g/mol. The van der Waals surface area contributed by atoms with Crippen LogP contribution >= 0.6 is 0 Å². The topological polar surface area (TPSA) is 55.9 Å². The van der Waals surface area contributed by atoms with Crippen LogP contribution in [0.3, 0.4) is 0 Å². The maximum atomic E-state index is 5.10. The average Bonchev–Trinajstić information content (AvgIpc) is 2.85. The zero-order chi connectivity index (χ0) is 10.5. The number of nitrogens with zero attached hydrogens (tertiary/aromatic N) is 3. The van der Waals surface area contributed by atoms with E-state index in [0.29, 0.717) is 0 Å². The summed E-state index contributed by atoms with van der Waals surface area (Å²) in [6.07, 6.45) is 5.94. The summed E-state index contributed by atoms with van der Waals surface area (Å²) in [6, 6.07) is 2.02. The molecular formula is C10H14N4O. The second kappa shape index (κ2) is 4.75. The first-order valence-corrected chi connectivity index (χ1v) is 4.91. The molecule has 2 aromatic heterocycles. The minimum Gasteiger partial charge on any atom is -0.447 e. The van der Waals surface area contributed by atoms with Crippen molar-refractivity contribution in [2.45, 2.75) is 13.0 Å². The molecule has 0 aliphatic heterocycles. The fourth-order valence-corrected chi connectivity index (χ4v) is 1.40. The number of hydrogen-bond donors (Lipinski definition) is 1. The normalized spacial score (nSPS) is 10.7. The van der Waals surface area contributed by atoms with Crippen molar-refractivity contribution in [2.75, 3.05) is 6.54 Å². The molecule has 0 saturated heterocycles. The second-order valence-corrected chi connectivity index (χ2v) is 3.34. The molecular weight excluding hydrogens is 192 g/mol. The van der Waals surface area contributed by atoms with E-state index in [1.165, 1.54) is 12.1 Å². The Morgan fingerprint density at radius 1 is 1.53 bits per heavy atom. The van der Waals surface area contributed by atoms with Crippen LogP contribution in [0.5, 0.6) is 0 Å². The molecule has 2 rings (SSSR count). The van der Waals surface area contributed by atoms with Crippen LogP contribution in [-0.2, 0) is 20.0 Å². The Morgan fingerprint density at radius 3 is 3.13 bits per heavy atom. The zero-order valence-electron chi connectivity index (χ0n) is 8.68. The van der Waals surface area contributed by atoms with Gasteiger partial charge in [0.2, 0.25) is 0 Å². The first-order valence-electron chi connectivity index (χ1n) is 4.91. The van der Waals surface area contributed by atoms with Gasteiger partial charge in [0.15, 0.2) is 6.39 Å². The van der Waals surface area contributed by atoms with Crippen LogP contribution in [0.25, 0.3) is 0 Å². The molecule has 0 aromatic carbocycles. The third-order valence-electron chi connectivity index (χ3n) is 2.26. The van der Waals surface area contributed by atoms with Crippen LogP contribution < -0.4 is 5.32 Å². The van der Waals surface area contributed by atoms with Gasteiger partial charge >= 0.3 is 0 Å². The molecule has 1 N–H and O–H groups in total. The number of aryl methyl sites for hydroxylation is 1. The molecule has 80 valence electrons. The fraction of sp³-hybridized carbons (Fsp3) is 0.400. The number of nitrogens with one attached hydrogen (secondary N) is 1. The Morgan fingerprint density at radius 2 is 2.47 bits per heavy atom. The van der Waals surface area contributed by atoms with E-state index in [1.807, 2.05) is 24.0 Å². The molecule has 0 amide bonds. The zero-order valence-corrected chi connectivity index (χ0v) is 8.68. The lowest BCUT2D eigenvalue weighted by Gasteiger charge is -2.02. The summed E-state index contributed by atoms with van der Waals surface area (Å²) in [7, 11) is 1.95. The maximum Gasteiger partial charge on any atom is 0.180 e. The van der Waals surface area contributed by atoms with Crippen LogP contribution in [0.2, 0.25) is 0 Å². The summed E-state index contributed by atoms with van der Waals surface area (Å²) in [4.78, 5) is 3.84. The quantitative estimate of drug-likeness (QED) is 0.733. The maximum absolute atomic E-state index is 5.10. The molecule has 0 saturated carbocycles. The van der Waals surface area contributed by atoms with Gasteiger partial charge in [-0.15, -0.1) is 0 Å². The predicted molar refractivity (Wildman–Crippen MR) is 55.1 cm³/mol. The van der Waals surface area contributed by atoms with Crippen molar-refractivity contribution >= 4 is 0 Å². The van der Waals surface area contributed by atoms with Gasteiger partial charge in [-0.1, -0.05) is 0 Å². The van der Waals surface area contributed by atoms with Gasteiger partial charge < -0.3 is 9.73 Å². The lowest BCUT2D eigenvalue weighted by molar-refractivity contribution is 0.479. The molecule has 0 radical (unpaired) electrons. The van der Waals surface area contributed by atoms with Crippen LogP contribution in [-0.4, -0.2) is 21.3 Å². The van der Waals surface area contributed by atoms with Crippen LogP contribution in [0.15, 0.2) is 29.3 Å². The van der Waals surface area contributed by atoms with Crippen molar-refractivity contribution in [1.82, 2.24) is 20.1 Å². The molecule has 2 aromatic rings. The highest BCUT2D eigenvalue weighted by atomic mass is 16.3. The minimum atomic E-state index is 0.720. The SMILES string of the molecule is Cn1nccc1CCNCc1cnco1. The third-order valence-corrected chi connectivity index (χ3v) is 2.26. The standard InChI is InChI=1S/C10H14N4O/c1-14-9(3-5-13-14)2-4-11-6-10-7-12-8-15-10/h3,5,7-8,11H,2,4,6H2,1H3. The number of rotatable bonds is 5. The second-order valence-electron chi connectivity index (χ2n) is 3.34. The summed E-state index contributed by atoms with van der Waals surface area (Å²) >= 11 is 0. The molecule has 0 aliphatic carbocycles. The molecule has 5 heteroatoms. The number of oxazole rings is 1. The van der Waals surface area contributed by atoms with Gasteiger partial charge in [-0.05, 0) is 6.07 Å². The van der Waals surface area contributed by atoms with E-state index in [1.54, 1.807) is 6.20 Å². The molecule has 0 atom stereocenters. The monoisotopic (exact) mass is 206 g/mol. The third kappa shape index (κ3) is 2.66. The summed E-state index contributed by atoms with van der Waals surface area (Å²) in [5.74, 6) is 0.861. The van der Waals surface area contributed by atoms with E-state index >= 15 is 0 Å². The molecule has 5 nitrogen and oxygen atoms in total. The lowest BCUT2D eigenvalue weighted by atomic mass is 10.3. The lowest BCUT2D eigenvalue weighted by Crippen LogP contribution is -2.17. The van der Waals surface area contributed by atoms with E-state index in [9.17, 15) is 0 Å². The molecule has 0 unspecified atom stereocenters. The summed E-state index contributed by atoms with van der Waals surface area (Å²) in [5.41, 5.74) is 1.22. The highest BCUT2D eigenvalue weighted by Gasteiger charge is 1.99. The molecule has 2 heterocycles. The van der Waals surface area contributed by atoms with Gasteiger partial charge in [0, 0.05) is 31.9 Å². The molecule has 0 bridgehead atoms. The van der Waals surface area contributed by atoms with Crippen molar-refractivity contribution < 1.29 is 4.42 Å². The van der Waals surface area contributed by atoms with Crippen molar-refractivity contribution in [3.63, 3.8) is 0 Å². The molecule has 15 heavy (non-hydrogen) atoms. The van der Waals surface area contributed by atoms with E-state index in [-0.39, 0.29) is 0 Å². The highest BCUT2D eigenvalue weighted by Crippen LogP contribution is 1.98. The van der Waals surface area contributed by atoms with E-state index in [4.69, 9.17) is 4.42 Å². The van der Waals surface area contributed by atoms with Crippen LogP contribution in [0.1, 0.15) is 11.5 Å². The smallest absolute Gasteiger partial charge is 0.180 e. The van der Waals surface area contributed by atoms with Gasteiger partial charge in [-0.2, -0.15) is 5.10 Å². The summed E-state index contributed by atoms with van der Waals surface area (Å²) in [5, 5.41) is 7.38. The Kier molecular flexibility index (Phi) is 3.14. The van der Waals surface area contributed by atoms with Gasteiger partial charge in [0.25, 0.3) is 0 Å². The van der Waals surface area contributed by atoms with Crippen molar-refractivity contribution in [3.05, 3.63) is 36.3 Å². The van der Waals surface area contributed by atoms with Gasteiger partial charge in [0.1, 0.15) is 5.76 Å². The molecule has 0 aliphatic rings. The van der Waals surface area contributed by atoms with Crippen molar-refractivity contribution in [2.24, 2.45) is 7.05 Å². The largest absolute Gasteiger partial charge is 0.447 e. The van der Waals surface area contributed by atoms with E-state index < -0.39 is 0 Å². The summed E-state index contributed by atoms with van der Waals surface area (Å²) in [6.45, 7) is 1.62. The Hall–Kier alpha value is -1.62. The van der Waals surface area contributed by atoms with Gasteiger partial charge in [-0.25, -0.2) is 4.98 Å². The Bertz CT molecular complexity index is 393. The van der Waals surface area contributed by atoms with Gasteiger partial charge in [-0.3, -0.25) is 4.68 Å². The van der Waals surface area contributed by atoms with E-state index in [0.717, 1.165) is 25.3 Å². The van der Waals surface area contributed by atoms with Crippen molar-refractivity contribution in [1.29, 1.82) is 0 Å². The van der Waals surface area contributed by atoms with Crippen LogP contribution in [0, 0.1) is 0 Å². The first kappa shape index (κ1) is 9.92. The number of aromatic nitrogens is 3. The van der Waals surface area contributed by atoms with E-state index in [2.05, 4.69) is 15.4 Å². The fourth-order valence-electron chi connectivity index (χ4n) is 1.40. The minimum absolute atomic E-state index is 0.720. The van der Waals surface area contributed by atoms with Crippen LogP contribution in [0.4, 0.5) is 0 Å². The Balaban J connectivity index is 1.70. The highest BCUT2D eigenvalue weighted by molar-refractivity contribution is 5.00. The molecule has 0 spiro atoms. The molecule has 0 fully saturated rings. The summed E-state index contributed by atoms with van der Waals surface area (Å²) < 4.78 is 6.99. The predicted octanol–water partition coefficient (Wildman–Crippen LogP) is 0.740. The van der Waals surface area contributed by atoms with Crippen molar-refractivity contribution in [3.8, 4) is 0 Å². The first-order chi connectivity index (χ1) is 7.36. The Labute approximate surface area is 88.1 Å².